The van der Waals surface area contributed by atoms with Gasteiger partial charge in [0.2, 0.25) is 0 Å². The van der Waals surface area contributed by atoms with E-state index in [0.717, 1.165) is 0 Å². The number of hydrogen-bond donors (Lipinski definition) is 1. The van der Waals surface area contributed by atoms with Crippen molar-refractivity contribution in [2.75, 3.05) is 11.5 Å². The van der Waals surface area contributed by atoms with Crippen LogP contribution in [0.25, 0.3) is 0 Å². The molecule has 4 nitrogen and oxygen atoms in total. The third-order valence-electron chi connectivity index (χ3n) is 0.853. The molecule has 5 heteroatoms. The zero-order valence-electron chi connectivity index (χ0n) is 5.49. The van der Waals surface area contributed by atoms with E-state index in [4.69, 9.17) is 5.11 Å². The molecule has 1 N–H and O–H groups in total. The van der Waals surface area contributed by atoms with Gasteiger partial charge in [-0.05, 0) is 0 Å². The van der Waals surface area contributed by atoms with Crippen molar-refractivity contribution in [1.82, 2.24) is 0 Å². The zero-order chi connectivity index (χ0) is 8.15. The van der Waals surface area contributed by atoms with E-state index < -0.39 is 22.6 Å². The maximum absolute atomic E-state index is 10.6. The Labute approximate surface area is 60.7 Å². The molecule has 0 fully saturated rings. The Hall–Kier alpha value is -0.710. The topological polar surface area (TPSA) is 71.4 Å². The second kappa shape index (κ2) is 4.16. The van der Waals surface area contributed by atoms with E-state index in [1.54, 1.807) is 6.92 Å². The summed E-state index contributed by atoms with van der Waals surface area (Å²) in [4.78, 5) is 20.2. The average Bonchev–Trinajstić information content (AvgIpc) is 1.87. The van der Waals surface area contributed by atoms with Crippen LogP contribution in [0.5, 0.6) is 0 Å². The fourth-order valence-electron chi connectivity index (χ4n) is 0.310. The largest absolute Gasteiger partial charge is 0.475 e. The first-order valence-corrected chi connectivity index (χ1v) is 4.17. The van der Waals surface area contributed by atoms with Crippen LogP contribution in [0, 0.1) is 0 Å². The lowest BCUT2D eigenvalue weighted by atomic mass is 10.5. The Morgan fingerprint density at radius 3 is 2.30 bits per heavy atom. The molecule has 58 valence electrons. The van der Waals surface area contributed by atoms with Crippen LogP contribution >= 0.6 is 0 Å². The number of aliphatic carboxylic acids is 1. The fraction of sp³-hybridized carbons (Fsp3) is 0.600. The predicted molar refractivity (Wildman–Crippen MR) is 36.2 cm³/mol. The van der Waals surface area contributed by atoms with Gasteiger partial charge in [-0.25, -0.2) is 4.79 Å². The predicted octanol–water partition coefficient (Wildman–Crippen LogP) is -0.591. The number of ketones is 1. The van der Waals surface area contributed by atoms with Gasteiger partial charge in [0.1, 0.15) is 0 Å². The fourth-order valence-corrected chi connectivity index (χ4v) is 0.930. The van der Waals surface area contributed by atoms with Crippen molar-refractivity contribution in [3.8, 4) is 0 Å². The van der Waals surface area contributed by atoms with Gasteiger partial charge in [-0.15, -0.1) is 0 Å². The third-order valence-corrected chi connectivity index (χ3v) is 2.08. The van der Waals surface area contributed by atoms with Crippen molar-refractivity contribution in [3.63, 3.8) is 0 Å². The summed E-state index contributed by atoms with van der Waals surface area (Å²) in [7, 11) is -1.31. The molecule has 0 saturated carbocycles. The molecule has 0 amide bonds. The highest BCUT2D eigenvalue weighted by Gasteiger charge is 2.13. The summed E-state index contributed by atoms with van der Waals surface area (Å²) in [6.45, 7) is 1.63. The molecule has 0 bridgehead atoms. The monoisotopic (exact) mass is 164 g/mol. The molecule has 0 aromatic carbocycles. The maximum Gasteiger partial charge on any atom is 0.373 e. The van der Waals surface area contributed by atoms with Crippen molar-refractivity contribution in [3.05, 3.63) is 0 Å². The van der Waals surface area contributed by atoms with E-state index >= 15 is 0 Å². The molecule has 10 heavy (non-hydrogen) atoms. The minimum Gasteiger partial charge on any atom is -0.475 e. The number of carboxylic acids is 1. The van der Waals surface area contributed by atoms with E-state index in [0.29, 0.717) is 5.75 Å². The summed E-state index contributed by atoms with van der Waals surface area (Å²) in [5.74, 6) is -2.55. The molecule has 0 rings (SSSR count). The van der Waals surface area contributed by atoms with E-state index in [1.165, 1.54) is 0 Å². The first kappa shape index (κ1) is 9.29. The van der Waals surface area contributed by atoms with Crippen molar-refractivity contribution in [1.29, 1.82) is 0 Å². The molecule has 1 atom stereocenters. The number of hydrogen-bond acceptors (Lipinski definition) is 3. The van der Waals surface area contributed by atoms with Gasteiger partial charge in [-0.1, -0.05) is 6.92 Å². The van der Waals surface area contributed by atoms with Crippen molar-refractivity contribution in [2.24, 2.45) is 0 Å². The Bertz CT molecular complexity index is 174. The lowest BCUT2D eigenvalue weighted by Gasteiger charge is -1.91. The van der Waals surface area contributed by atoms with Gasteiger partial charge in [0.15, 0.2) is 0 Å². The van der Waals surface area contributed by atoms with Crippen LogP contribution in [0.2, 0.25) is 0 Å². The Morgan fingerprint density at radius 1 is 1.50 bits per heavy atom. The van der Waals surface area contributed by atoms with Gasteiger partial charge in [-0.3, -0.25) is 9.00 Å². The van der Waals surface area contributed by atoms with Crippen LogP contribution in [-0.4, -0.2) is 32.6 Å². The summed E-state index contributed by atoms with van der Waals surface area (Å²) in [5, 5.41) is 8.04. The SMILES string of the molecule is CCS(=O)CC(=O)C(=O)O. The van der Waals surface area contributed by atoms with E-state index in [9.17, 15) is 13.8 Å². The van der Waals surface area contributed by atoms with Gasteiger partial charge < -0.3 is 5.11 Å². The highest BCUT2D eigenvalue weighted by Crippen LogP contribution is 1.82. The van der Waals surface area contributed by atoms with Gasteiger partial charge in [0.25, 0.3) is 5.78 Å². The summed E-state index contributed by atoms with van der Waals surface area (Å²) < 4.78 is 10.6. The van der Waals surface area contributed by atoms with E-state index in [2.05, 4.69) is 0 Å². The number of carbonyl (C=O) groups excluding carboxylic acids is 1. The lowest BCUT2D eigenvalue weighted by molar-refractivity contribution is -0.147. The number of carbonyl (C=O) groups is 2. The van der Waals surface area contributed by atoms with Crippen LogP contribution in [0.1, 0.15) is 6.92 Å². The molecular formula is C5H8O4S. The van der Waals surface area contributed by atoms with Crippen LogP contribution in [0.3, 0.4) is 0 Å². The minimum absolute atomic E-state index is 0.318. The maximum atomic E-state index is 10.6. The second-order valence-corrected chi connectivity index (χ2v) is 3.35. The van der Waals surface area contributed by atoms with Crippen LogP contribution in [0.4, 0.5) is 0 Å². The molecule has 0 aliphatic rings. The van der Waals surface area contributed by atoms with Crippen molar-refractivity contribution in [2.45, 2.75) is 6.92 Å². The van der Waals surface area contributed by atoms with Crippen molar-refractivity contribution < 1.29 is 18.9 Å². The molecule has 0 aliphatic heterocycles. The zero-order valence-corrected chi connectivity index (χ0v) is 6.31. The minimum atomic E-state index is -1.51. The first-order valence-electron chi connectivity index (χ1n) is 2.69. The van der Waals surface area contributed by atoms with Gasteiger partial charge >= 0.3 is 5.97 Å². The van der Waals surface area contributed by atoms with E-state index in [1.807, 2.05) is 0 Å². The Balaban J connectivity index is 3.80. The molecule has 0 aliphatic carbocycles. The molecule has 0 heterocycles. The summed E-state index contributed by atoms with van der Waals surface area (Å²) in [6.07, 6.45) is 0. The molecule has 0 spiro atoms. The standard InChI is InChI=1S/C5H8O4S/c1-2-10(9)3-4(6)5(7)8/h2-3H2,1H3,(H,7,8). The normalized spacial score (nSPS) is 12.5. The summed E-state index contributed by atoms with van der Waals surface area (Å²) in [5.41, 5.74) is 0. The third kappa shape index (κ3) is 3.34. The Kier molecular flexibility index (Phi) is 3.87. The summed E-state index contributed by atoms with van der Waals surface area (Å²) >= 11 is 0. The first-order chi connectivity index (χ1) is 4.57. The van der Waals surface area contributed by atoms with Crippen LogP contribution in [0.15, 0.2) is 0 Å². The molecule has 0 aromatic heterocycles. The molecule has 0 saturated heterocycles. The average molecular weight is 164 g/mol. The Morgan fingerprint density at radius 2 is 2.00 bits per heavy atom. The lowest BCUT2D eigenvalue weighted by Crippen LogP contribution is -2.20. The van der Waals surface area contributed by atoms with E-state index in [-0.39, 0.29) is 5.75 Å². The number of carboxylic acid groups (broad SMARTS) is 1. The highest BCUT2D eigenvalue weighted by molar-refractivity contribution is 7.85. The number of Topliss-reactive ketones (excluding diaryl/α,β-unsaturated/α-hetero) is 1. The summed E-state index contributed by atoms with van der Waals surface area (Å²) in [6, 6.07) is 0. The van der Waals surface area contributed by atoms with Gasteiger partial charge in [0.05, 0.1) is 5.75 Å². The van der Waals surface area contributed by atoms with Crippen molar-refractivity contribution >= 4 is 22.6 Å². The van der Waals surface area contributed by atoms with Crippen LogP contribution < -0.4 is 0 Å². The molecular weight excluding hydrogens is 156 g/mol. The number of rotatable bonds is 4. The molecule has 1 unspecified atom stereocenters. The molecule has 0 aromatic rings. The van der Waals surface area contributed by atoms with Gasteiger partial charge in [-0.2, -0.15) is 0 Å². The van der Waals surface area contributed by atoms with Crippen LogP contribution in [-0.2, 0) is 20.4 Å². The quantitative estimate of drug-likeness (QED) is 0.564. The van der Waals surface area contributed by atoms with Gasteiger partial charge in [0, 0.05) is 16.6 Å². The smallest absolute Gasteiger partial charge is 0.373 e. The highest BCUT2D eigenvalue weighted by atomic mass is 32.2. The second-order valence-electron chi connectivity index (χ2n) is 1.60. The molecule has 0 radical (unpaired) electrons.